The summed E-state index contributed by atoms with van der Waals surface area (Å²) in [6.45, 7) is 4.46. The van der Waals surface area contributed by atoms with Crippen molar-refractivity contribution in [2.45, 2.75) is 13.1 Å². The van der Waals surface area contributed by atoms with Gasteiger partial charge in [-0.15, -0.1) is 17.9 Å². The van der Waals surface area contributed by atoms with Gasteiger partial charge in [-0.25, -0.2) is 4.39 Å². The van der Waals surface area contributed by atoms with Gasteiger partial charge < -0.3 is 9.88 Å². The van der Waals surface area contributed by atoms with Crippen LogP contribution < -0.4 is 5.32 Å². The summed E-state index contributed by atoms with van der Waals surface area (Å²) < 4.78 is 16.6. The smallest absolute Gasteiger partial charge is 0.268 e. The minimum atomic E-state index is -0.315. The molecule has 5 heteroatoms. The Balaban J connectivity index is 1.83. The van der Waals surface area contributed by atoms with E-state index in [0.29, 0.717) is 17.8 Å². The zero-order valence-corrected chi connectivity index (χ0v) is 12.7. The first kappa shape index (κ1) is 14.5. The van der Waals surface area contributed by atoms with Gasteiger partial charge in [0.15, 0.2) is 0 Å². The SMILES string of the molecule is C=CCn1c(C(=O)NCc2ccccc2F)cc2sccc21. The van der Waals surface area contributed by atoms with Gasteiger partial charge in [-0.3, -0.25) is 4.79 Å². The molecule has 22 heavy (non-hydrogen) atoms. The fourth-order valence-electron chi connectivity index (χ4n) is 2.40. The number of halogens is 1. The summed E-state index contributed by atoms with van der Waals surface area (Å²) in [6, 6.07) is 10.3. The lowest BCUT2D eigenvalue weighted by Crippen LogP contribution is -2.25. The largest absolute Gasteiger partial charge is 0.347 e. The van der Waals surface area contributed by atoms with E-state index < -0.39 is 0 Å². The van der Waals surface area contributed by atoms with E-state index in [0.717, 1.165) is 10.2 Å². The number of nitrogens with one attached hydrogen (secondary N) is 1. The third kappa shape index (κ3) is 2.67. The van der Waals surface area contributed by atoms with Gasteiger partial charge in [0, 0.05) is 18.7 Å². The molecule has 0 aliphatic heterocycles. The van der Waals surface area contributed by atoms with Gasteiger partial charge in [-0.1, -0.05) is 24.3 Å². The third-order valence-corrected chi connectivity index (χ3v) is 4.32. The van der Waals surface area contributed by atoms with Crippen molar-refractivity contribution in [3.05, 3.63) is 71.5 Å². The lowest BCUT2D eigenvalue weighted by Gasteiger charge is -2.09. The first-order valence-corrected chi connectivity index (χ1v) is 7.78. The molecule has 3 aromatic rings. The number of amides is 1. The molecule has 0 radical (unpaired) electrons. The normalized spacial score (nSPS) is 10.8. The van der Waals surface area contributed by atoms with Crippen LogP contribution in [-0.4, -0.2) is 10.5 Å². The summed E-state index contributed by atoms with van der Waals surface area (Å²) in [5.74, 6) is -0.529. The number of carbonyl (C=O) groups excluding carboxylic acids is 1. The minimum absolute atomic E-state index is 0.165. The molecule has 0 aliphatic carbocycles. The Kier molecular flexibility index (Phi) is 4.06. The van der Waals surface area contributed by atoms with E-state index in [1.807, 2.05) is 22.1 Å². The van der Waals surface area contributed by atoms with E-state index in [-0.39, 0.29) is 18.3 Å². The Morgan fingerprint density at radius 2 is 2.18 bits per heavy atom. The van der Waals surface area contributed by atoms with Crippen molar-refractivity contribution in [3.8, 4) is 0 Å². The zero-order valence-electron chi connectivity index (χ0n) is 11.9. The van der Waals surface area contributed by atoms with Crippen LogP contribution in [0.1, 0.15) is 16.1 Å². The van der Waals surface area contributed by atoms with Crippen molar-refractivity contribution in [1.29, 1.82) is 0 Å². The van der Waals surface area contributed by atoms with Crippen LogP contribution in [0.4, 0.5) is 4.39 Å². The Bertz CT molecular complexity index is 834. The summed E-state index contributed by atoms with van der Waals surface area (Å²) in [5.41, 5.74) is 2.05. The lowest BCUT2D eigenvalue weighted by molar-refractivity contribution is 0.0942. The van der Waals surface area contributed by atoms with Crippen molar-refractivity contribution in [3.63, 3.8) is 0 Å². The van der Waals surface area contributed by atoms with E-state index in [1.165, 1.54) is 6.07 Å². The number of hydrogen-bond donors (Lipinski definition) is 1. The summed E-state index contributed by atoms with van der Waals surface area (Å²) in [4.78, 5) is 12.4. The molecule has 2 aromatic heterocycles. The molecule has 3 rings (SSSR count). The molecule has 0 unspecified atom stereocenters. The first-order valence-electron chi connectivity index (χ1n) is 6.90. The maximum atomic E-state index is 13.6. The van der Waals surface area contributed by atoms with Gasteiger partial charge in [0.05, 0.1) is 10.2 Å². The number of carbonyl (C=O) groups is 1. The van der Waals surface area contributed by atoms with E-state index >= 15 is 0 Å². The molecular weight excluding hydrogens is 299 g/mol. The highest BCUT2D eigenvalue weighted by Gasteiger charge is 2.15. The van der Waals surface area contributed by atoms with Crippen LogP contribution in [0.2, 0.25) is 0 Å². The molecule has 0 saturated carbocycles. The molecule has 0 aliphatic rings. The number of aromatic nitrogens is 1. The number of rotatable bonds is 5. The Morgan fingerprint density at radius 1 is 1.36 bits per heavy atom. The molecule has 3 nitrogen and oxygen atoms in total. The summed E-state index contributed by atoms with van der Waals surface area (Å²) >= 11 is 1.59. The third-order valence-electron chi connectivity index (χ3n) is 3.46. The van der Waals surface area contributed by atoms with Crippen molar-refractivity contribution < 1.29 is 9.18 Å². The fourth-order valence-corrected chi connectivity index (χ4v) is 3.22. The molecule has 0 saturated heterocycles. The highest BCUT2D eigenvalue weighted by Crippen LogP contribution is 2.25. The second kappa shape index (κ2) is 6.15. The van der Waals surface area contributed by atoms with Gasteiger partial charge in [0.2, 0.25) is 0 Å². The van der Waals surface area contributed by atoms with Crippen LogP contribution in [0, 0.1) is 5.82 Å². The van der Waals surface area contributed by atoms with Gasteiger partial charge >= 0.3 is 0 Å². The highest BCUT2D eigenvalue weighted by molar-refractivity contribution is 7.17. The fraction of sp³-hybridized carbons (Fsp3) is 0.118. The number of allylic oxidation sites excluding steroid dienone is 1. The lowest BCUT2D eigenvalue weighted by atomic mass is 10.2. The number of nitrogens with zero attached hydrogens (tertiary/aromatic N) is 1. The molecule has 2 heterocycles. The van der Waals surface area contributed by atoms with Crippen LogP contribution in [0.25, 0.3) is 10.2 Å². The van der Waals surface area contributed by atoms with Gasteiger partial charge in [0.25, 0.3) is 5.91 Å². The van der Waals surface area contributed by atoms with Crippen molar-refractivity contribution in [1.82, 2.24) is 9.88 Å². The average Bonchev–Trinajstić information content (AvgIpc) is 3.09. The minimum Gasteiger partial charge on any atom is -0.347 e. The van der Waals surface area contributed by atoms with Gasteiger partial charge in [-0.05, 0) is 23.6 Å². The zero-order chi connectivity index (χ0) is 15.5. The van der Waals surface area contributed by atoms with Crippen molar-refractivity contribution in [2.75, 3.05) is 0 Å². The highest BCUT2D eigenvalue weighted by atomic mass is 32.1. The predicted octanol–water partition coefficient (Wildman–Crippen LogP) is 3.96. The second-order valence-corrected chi connectivity index (χ2v) is 5.82. The Hall–Kier alpha value is -2.40. The maximum Gasteiger partial charge on any atom is 0.268 e. The Morgan fingerprint density at radius 3 is 2.95 bits per heavy atom. The molecule has 0 atom stereocenters. The summed E-state index contributed by atoms with van der Waals surface area (Å²) in [6.07, 6.45) is 1.75. The van der Waals surface area contributed by atoms with E-state index in [9.17, 15) is 9.18 Å². The predicted molar refractivity (Wildman–Crippen MR) is 87.6 cm³/mol. The molecule has 112 valence electrons. The topological polar surface area (TPSA) is 34.0 Å². The number of fused-ring (bicyclic) bond motifs is 1. The monoisotopic (exact) mass is 314 g/mol. The van der Waals surface area contributed by atoms with Crippen LogP contribution in [0.15, 0.2) is 54.4 Å². The number of benzene rings is 1. The van der Waals surface area contributed by atoms with E-state index in [1.54, 1.807) is 35.6 Å². The summed E-state index contributed by atoms with van der Waals surface area (Å²) in [5, 5.41) is 4.77. The van der Waals surface area contributed by atoms with E-state index in [2.05, 4.69) is 11.9 Å². The van der Waals surface area contributed by atoms with Crippen LogP contribution in [-0.2, 0) is 13.1 Å². The maximum absolute atomic E-state index is 13.6. The standard InChI is InChI=1S/C17H15FN2OS/c1-2-8-20-14-7-9-22-16(14)10-15(20)17(21)19-11-12-5-3-4-6-13(12)18/h2-7,9-10H,1,8,11H2,(H,19,21). The van der Waals surface area contributed by atoms with Crippen LogP contribution in [0.3, 0.4) is 0 Å². The van der Waals surface area contributed by atoms with Crippen LogP contribution in [0.5, 0.6) is 0 Å². The second-order valence-electron chi connectivity index (χ2n) is 4.87. The average molecular weight is 314 g/mol. The Labute approximate surface area is 131 Å². The van der Waals surface area contributed by atoms with Crippen molar-refractivity contribution >= 4 is 27.5 Å². The van der Waals surface area contributed by atoms with Crippen molar-refractivity contribution in [2.24, 2.45) is 0 Å². The quantitative estimate of drug-likeness (QED) is 0.711. The van der Waals surface area contributed by atoms with Gasteiger partial charge in [0.1, 0.15) is 11.5 Å². The van der Waals surface area contributed by atoms with E-state index in [4.69, 9.17) is 0 Å². The molecule has 0 spiro atoms. The molecule has 0 bridgehead atoms. The molecular formula is C17H15FN2OS. The molecule has 1 N–H and O–H groups in total. The first-order chi connectivity index (χ1) is 10.7. The molecule has 0 fully saturated rings. The number of hydrogen-bond acceptors (Lipinski definition) is 2. The van der Waals surface area contributed by atoms with Gasteiger partial charge in [-0.2, -0.15) is 0 Å². The number of thiophene rings is 1. The molecule has 1 aromatic carbocycles. The molecule has 1 amide bonds. The summed E-state index contributed by atoms with van der Waals surface area (Å²) in [7, 11) is 0. The van der Waals surface area contributed by atoms with Crippen LogP contribution >= 0.6 is 11.3 Å².